The van der Waals surface area contributed by atoms with Crippen molar-refractivity contribution in [3.63, 3.8) is 0 Å². The number of likely N-dealkylation sites (N-methyl/N-ethyl adjacent to an activating group) is 1. The van der Waals surface area contributed by atoms with E-state index in [1.807, 2.05) is 18.5 Å². The maximum atomic E-state index is 5.58. The lowest BCUT2D eigenvalue weighted by atomic mass is 9.97. The van der Waals surface area contributed by atoms with Gasteiger partial charge in [-0.25, -0.2) is 0 Å². The molecule has 3 rings (SSSR count). The number of aromatic nitrogens is 1. The van der Waals surface area contributed by atoms with Crippen molar-refractivity contribution in [2.45, 2.75) is 25.8 Å². The summed E-state index contributed by atoms with van der Waals surface area (Å²) in [5, 5.41) is 3.57. The molecule has 1 aliphatic heterocycles. The van der Waals surface area contributed by atoms with Crippen LogP contribution in [-0.4, -0.2) is 18.1 Å². The van der Waals surface area contributed by atoms with E-state index in [9.17, 15) is 0 Å². The summed E-state index contributed by atoms with van der Waals surface area (Å²) in [6.07, 6.45) is 5.75. The first-order valence-electron chi connectivity index (χ1n) is 7.24. The van der Waals surface area contributed by atoms with E-state index in [2.05, 4.69) is 41.5 Å². The second-order valence-corrected chi connectivity index (χ2v) is 5.14. The molecule has 2 heterocycles. The summed E-state index contributed by atoms with van der Waals surface area (Å²) < 4.78 is 5.58. The van der Waals surface area contributed by atoms with Crippen molar-refractivity contribution in [1.29, 1.82) is 0 Å². The van der Waals surface area contributed by atoms with E-state index in [1.54, 1.807) is 0 Å². The molecular formula is C17H20N2O. The summed E-state index contributed by atoms with van der Waals surface area (Å²) >= 11 is 0. The monoisotopic (exact) mass is 268 g/mol. The summed E-state index contributed by atoms with van der Waals surface area (Å²) in [6.45, 7) is 3.92. The van der Waals surface area contributed by atoms with Crippen LogP contribution in [0.3, 0.4) is 0 Å². The molecule has 0 amide bonds. The topological polar surface area (TPSA) is 34.2 Å². The number of ether oxygens (including phenoxy) is 1. The van der Waals surface area contributed by atoms with Gasteiger partial charge in [0.05, 0.1) is 6.61 Å². The van der Waals surface area contributed by atoms with Crippen LogP contribution in [0, 0.1) is 0 Å². The summed E-state index contributed by atoms with van der Waals surface area (Å²) in [7, 11) is 0. The van der Waals surface area contributed by atoms with Crippen molar-refractivity contribution in [2.75, 3.05) is 13.2 Å². The molecule has 0 saturated carbocycles. The zero-order valence-corrected chi connectivity index (χ0v) is 11.8. The van der Waals surface area contributed by atoms with Gasteiger partial charge in [0.15, 0.2) is 0 Å². The fraction of sp³-hybridized carbons (Fsp3) is 0.353. The Morgan fingerprint density at radius 2 is 2.30 bits per heavy atom. The lowest BCUT2D eigenvalue weighted by molar-refractivity contribution is 0.356. The Kier molecular flexibility index (Phi) is 3.97. The normalized spacial score (nSPS) is 14.7. The number of hydrogen-bond acceptors (Lipinski definition) is 3. The fourth-order valence-electron chi connectivity index (χ4n) is 2.73. The molecule has 1 aromatic heterocycles. The lowest BCUT2D eigenvalue weighted by Crippen LogP contribution is -2.23. The Labute approximate surface area is 120 Å². The van der Waals surface area contributed by atoms with E-state index in [0.717, 1.165) is 31.7 Å². The standard InChI is InChI=1S/C17H20N2O/c1-2-19-16(10-13-4-3-8-18-12-13)14-5-6-17-15(11-14)7-9-20-17/h3-6,8,11-12,16,19H,2,7,9-10H2,1H3. The van der Waals surface area contributed by atoms with Gasteiger partial charge in [0.1, 0.15) is 5.75 Å². The van der Waals surface area contributed by atoms with E-state index in [0.29, 0.717) is 6.04 Å². The Morgan fingerprint density at radius 3 is 3.10 bits per heavy atom. The largest absolute Gasteiger partial charge is 0.493 e. The first-order chi connectivity index (χ1) is 9.86. The van der Waals surface area contributed by atoms with Crippen molar-refractivity contribution in [2.24, 2.45) is 0 Å². The molecule has 2 aromatic rings. The first-order valence-corrected chi connectivity index (χ1v) is 7.24. The van der Waals surface area contributed by atoms with Gasteiger partial charge >= 0.3 is 0 Å². The highest BCUT2D eigenvalue weighted by Crippen LogP contribution is 2.29. The number of nitrogens with one attached hydrogen (secondary N) is 1. The third kappa shape index (κ3) is 2.83. The molecule has 0 saturated heterocycles. The maximum Gasteiger partial charge on any atom is 0.122 e. The highest BCUT2D eigenvalue weighted by atomic mass is 16.5. The third-order valence-corrected chi connectivity index (χ3v) is 3.73. The van der Waals surface area contributed by atoms with E-state index in [-0.39, 0.29) is 0 Å². The number of nitrogens with zero attached hydrogens (tertiary/aromatic N) is 1. The Bertz CT molecular complexity index is 568. The van der Waals surface area contributed by atoms with E-state index >= 15 is 0 Å². The Balaban J connectivity index is 1.83. The van der Waals surface area contributed by atoms with Crippen LogP contribution in [0.15, 0.2) is 42.7 Å². The van der Waals surface area contributed by atoms with Gasteiger partial charge < -0.3 is 10.1 Å². The number of pyridine rings is 1. The van der Waals surface area contributed by atoms with Gasteiger partial charge in [0.2, 0.25) is 0 Å². The van der Waals surface area contributed by atoms with Gasteiger partial charge in [-0.2, -0.15) is 0 Å². The zero-order chi connectivity index (χ0) is 13.8. The van der Waals surface area contributed by atoms with E-state index < -0.39 is 0 Å². The highest BCUT2D eigenvalue weighted by Gasteiger charge is 2.16. The molecule has 1 unspecified atom stereocenters. The van der Waals surface area contributed by atoms with E-state index in [1.165, 1.54) is 16.7 Å². The van der Waals surface area contributed by atoms with Crippen molar-refractivity contribution in [3.05, 3.63) is 59.4 Å². The average Bonchev–Trinajstić information content (AvgIpc) is 2.95. The number of hydrogen-bond donors (Lipinski definition) is 1. The van der Waals surface area contributed by atoms with Crippen LogP contribution in [0.2, 0.25) is 0 Å². The predicted octanol–water partition coefficient (Wildman–Crippen LogP) is 2.91. The van der Waals surface area contributed by atoms with Gasteiger partial charge in [-0.3, -0.25) is 4.98 Å². The average molecular weight is 268 g/mol. The predicted molar refractivity (Wildman–Crippen MR) is 80.0 cm³/mol. The molecule has 0 aliphatic carbocycles. The smallest absolute Gasteiger partial charge is 0.122 e. The summed E-state index contributed by atoms with van der Waals surface area (Å²) in [5.41, 5.74) is 3.92. The molecule has 1 atom stereocenters. The molecule has 0 fully saturated rings. The van der Waals surface area contributed by atoms with E-state index in [4.69, 9.17) is 4.74 Å². The Hall–Kier alpha value is -1.87. The zero-order valence-electron chi connectivity index (χ0n) is 11.8. The molecule has 0 spiro atoms. The van der Waals surface area contributed by atoms with Gasteiger partial charge in [-0.15, -0.1) is 0 Å². The highest BCUT2D eigenvalue weighted by molar-refractivity contribution is 5.41. The van der Waals surface area contributed by atoms with Crippen molar-refractivity contribution in [1.82, 2.24) is 10.3 Å². The second kappa shape index (κ2) is 6.06. The molecule has 1 aromatic carbocycles. The first kappa shape index (κ1) is 13.1. The van der Waals surface area contributed by atoms with Crippen LogP contribution < -0.4 is 10.1 Å². The van der Waals surface area contributed by atoms with Gasteiger partial charge in [0.25, 0.3) is 0 Å². The van der Waals surface area contributed by atoms with Crippen molar-refractivity contribution >= 4 is 0 Å². The Morgan fingerprint density at radius 1 is 1.35 bits per heavy atom. The third-order valence-electron chi connectivity index (χ3n) is 3.73. The quantitative estimate of drug-likeness (QED) is 0.905. The second-order valence-electron chi connectivity index (χ2n) is 5.14. The van der Waals surface area contributed by atoms with Crippen LogP contribution in [0.25, 0.3) is 0 Å². The number of benzene rings is 1. The maximum absolute atomic E-state index is 5.58. The van der Waals surface area contributed by atoms with Crippen LogP contribution in [0.1, 0.15) is 29.7 Å². The summed E-state index contributed by atoms with van der Waals surface area (Å²) in [5.74, 6) is 1.05. The van der Waals surface area contributed by atoms with Crippen molar-refractivity contribution in [3.8, 4) is 5.75 Å². The molecule has 0 bridgehead atoms. The fourth-order valence-corrected chi connectivity index (χ4v) is 2.73. The molecule has 3 heteroatoms. The lowest BCUT2D eigenvalue weighted by Gasteiger charge is -2.19. The van der Waals surface area contributed by atoms with Crippen LogP contribution in [0.4, 0.5) is 0 Å². The SMILES string of the molecule is CCNC(Cc1cccnc1)c1ccc2c(c1)CCO2. The molecule has 1 aliphatic rings. The van der Waals surface area contributed by atoms with Crippen molar-refractivity contribution < 1.29 is 4.74 Å². The minimum atomic E-state index is 0.329. The minimum absolute atomic E-state index is 0.329. The van der Waals surface area contributed by atoms with Gasteiger partial charge in [0, 0.05) is 24.9 Å². The summed E-state index contributed by atoms with van der Waals surface area (Å²) in [4.78, 5) is 4.20. The van der Waals surface area contributed by atoms with Gasteiger partial charge in [-0.1, -0.05) is 25.1 Å². The van der Waals surface area contributed by atoms with Crippen LogP contribution in [0.5, 0.6) is 5.75 Å². The minimum Gasteiger partial charge on any atom is -0.493 e. The molecule has 0 radical (unpaired) electrons. The molecule has 104 valence electrons. The number of rotatable bonds is 5. The van der Waals surface area contributed by atoms with Crippen LogP contribution >= 0.6 is 0 Å². The number of fused-ring (bicyclic) bond motifs is 1. The molecule has 1 N–H and O–H groups in total. The molecule has 20 heavy (non-hydrogen) atoms. The molecule has 3 nitrogen and oxygen atoms in total. The molecular weight excluding hydrogens is 248 g/mol. The van der Waals surface area contributed by atoms with Crippen LogP contribution in [-0.2, 0) is 12.8 Å². The van der Waals surface area contributed by atoms with Gasteiger partial charge in [-0.05, 0) is 41.8 Å². The summed E-state index contributed by atoms with van der Waals surface area (Å²) in [6, 6.07) is 11.0.